The minimum atomic E-state index is -0.468. The molecule has 0 fully saturated rings. The van der Waals surface area contributed by atoms with Gasteiger partial charge in [0.15, 0.2) is 11.6 Å². The molecular formula is C11H9FN2O2. The molecule has 1 aromatic carbocycles. The topological polar surface area (TPSA) is 52.1 Å². The van der Waals surface area contributed by atoms with Crippen LogP contribution in [0.4, 0.5) is 4.39 Å². The molecule has 0 amide bonds. The zero-order valence-corrected chi connectivity index (χ0v) is 8.82. The maximum Gasteiger partial charge on any atom is 0.227 e. The van der Waals surface area contributed by atoms with Crippen molar-refractivity contribution in [2.75, 3.05) is 7.11 Å². The van der Waals surface area contributed by atoms with Crippen molar-refractivity contribution in [3.05, 3.63) is 29.8 Å². The number of halogens is 1. The lowest BCUT2D eigenvalue weighted by Crippen LogP contribution is -2.04. The van der Waals surface area contributed by atoms with Gasteiger partial charge in [-0.2, -0.15) is 4.98 Å². The lowest BCUT2D eigenvalue weighted by atomic mass is 10.2. The molecule has 82 valence electrons. The maximum absolute atomic E-state index is 13.5. The van der Waals surface area contributed by atoms with Crippen LogP contribution in [0, 0.1) is 5.82 Å². The van der Waals surface area contributed by atoms with Gasteiger partial charge in [0, 0.05) is 6.92 Å². The molecule has 0 saturated carbocycles. The minimum absolute atomic E-state index is 0.0231. The molecule has 0 radical (unpaired) electrons. The van der Waals surface area contributed by atoms with Crippen molar-refractivity contribution in [3.63, 3.8) is 0 Å². The van der Waals surface area contributed by atoms with E-state index in [1.54, 1.807) is 6.07 Å². The summed E-state index contributed by atoms with van der Waals surface area (Å²) in [4.78, 5) is 19.0. The number of ketones is 1. The SMILES string of the molecule is COc1nc(C(C)=O)nc2cccc(F)c12. The molecule has 1 heterocycles. The summed E-state index contributed by atoms with van der Waals surface area (Å²) in [6, 6.07) is 4.42. The summed E-state index contributed by atoms with van der Waals surface area (Å²) in [6.45, 7) is 1.35. The summed E-state index contributed by atoms with van der Waals surface area (Å²) in [5.74, 6) is -0.655. The molecule has 0 spiro atoms. The number of carbonyl (C=O) groups is 1. The van der Waals surface area contributed by atoms with Gasteiger partial charge in [0.2, 0.25) is 5.88 Å². The van der Waals surface area contributed by atoms with E-state index in [-0.39, 0.29) is 22.9 Å². The highest BCUT2D eigenvalue weighted by molar-refractivity contribution is 5.94. The lowest BCUT2D eigenvalue weighted by molar-refractivity contribution is 0.100. The van der Waals surface area contributed by atoms with E-state index in [0.717, 1.165) is 0 Å². The number of Topliss-reactive ketones (excluding diaryl/α,β-unsaturated/α-hetero) is 1. The Morgan fingerprint density at radius 3 is 2.75 bits per heavy atom. The van der Waals surface area contributed by atoms with Crippen LogP contribution < -0.4 is 4.74 Å². The molecule has 0 atom stereocenters. The number of ether oxygens (including phenoxy) is 1. The number of benzene rings is 1. The Balaban J connectivity index is 2.84. The molecule has 0 N–H and O–H groups in total. The molecule has 16 heavy (non-hydrogen) atoms. The first-order valence-electron chi connectivity index (χ1n) is 4.64. The summed E-state index contributed by atoms with van der Waals surface area (Å²) in [7, 11) is 1.37. The molecule has 0 aliphatic carbocycles. The number of fused-ring (bicyclic) bond motifs is 1. The van der Waals surface area contributed by atoms with Crippen molar-refractivity contribution >= 4 is 16.7 Å². The van der Waals surface area contributed by atoms with Crippen LogP contribution in [0.5, 0.6) is 5.88 Å². The largest absolute Gasteiger partial charge is 0.480 e. The number of rotatable bonds is 2. The smallest absolute Gasteiger partial charge is 0.227 e. The third-order valence-corrected chi connectivity index (χ3v) is 2.15. The number of hydrogen-bond donors (Lipinski definition) is 0. The maximum atomic E-state index is 13.5. The zero-order valence-electron chi connectivity index (χ0n) is 8.82. The van der Waals surface area contributed by atoms with Crippen molar-refractivity contribution in [1.29, 1.82) is 0 Å². The van der Waals surface area contributed by atoms with Gasteiger partial charge >= 0.3 is 0 Å². The second-order valence-electron chi connectivity index (χ2n) is 3.25. The average Bonchev–Trinajstić information content (AvgIpc) is 2.27. The third-order valence-electron chi connectivity index (χ3n) is 2.15. The molecule has 0 unspecified atom stereocenters. The Morgan fingerprint density at radius 2 is 2.12 bits per heavy atom. The summed E-state index contributed by atoms with van der Waals surface area (Å²) in [6.07, 6.45) is 0. The Morgan fingerprint density at radius 1 is 1.38 bits per heavy atom. The van der Waals surface area contributed by atoms with Crippen molar-refractivity contribution < 1.29 is 13.9 Å². The van der Waals surface area contributed by atoms with Gasteiger partial charge in [-0.1, -0.05) is 6.07 Å². The molecule has 0 aliphatic heterocycles. The monoisotopic (exact) mass is 220 g/mol. The summed E-state index contributed by atoms with van der Waals surface area (Å²) in [5, 5.41) is 0.190. The molecule has 0 aliphatic rings. The fourth-order valence-corrected chi connectivity index (χ4v) is 1.41. The Hall–Kier alpha value is -2.04. The van der Waals surface area contributed by atoms with E-state index in [9.17, 15) is 9.18 Å². The second kappa shape index (κ2) is 3.84. The quantitative estimate of drug-likeness (QED) is 0.726. The highest BCUT2D eigenvalue weighted by atomic mass is 19.1. The van der Waals surface area contributed by atoms with Gasteiger partial charge in [-0.05, 0) is 12.1 Å². The molecule has 0 saturated heterocycles. The first kappa shape index (κ1) is 10.5. The Bertz CT molecular complexity index is 569. The van der Waals surface area contributed by atoms with Crippen LogP contribution in [-0.4, -0.2) is 22.9 Å². The van der Waals surface area contributed by atoms with E-state index in [0.29, 0.717) is 5.52 Å². The highest BCUT2D eigenvalue weighted by Crippen LogP contribution is 2.24. The van der Waals surface area contributed by atoms with E-state index < -0.39 is 5.82 Å². The van der Waals surface area contributed by atoms with Gasteiger partial charge in [-0.15, -0.1) is 0 Å². The average molecular weight is 220 g/mol. The van der Waals surface area contributed by atoms with Crippen molar-refractivity contribution in [2.45, 2.75) is 6.92 Å². The Labute approximate surface area is 91.1 Å². The van der Waals surface area contributed by atoms with Gasteiger partial charge in [0.1, 0.15) is 5.82 Å². The van der Waals surface area contributed by atoms with Gasteiger partial charge in [0.25, 0.3) is 0 Å². The van der Waals surface area contributed by atoms with E-state index in [4.69, 9.17) is 4.74 Å². The summed E-state index contributed by atoms with van der Waals surface area (Å²) in [5.41, 5.74) is 0.358. The number of aromatic nitrogens is 2. The standard InChI is InChI=1S/C11H9FN2O2/c1-6(15)10-13-8-5-3-4-7(12)9(8)11(14-10)16-2/h3-5H,1-2H3. The number of carbonyl (C=O) groups excluding carboxylic acids is 1. The van der Waals surface area contributed by atoms with Crippen molar-refractivity contribution in [2.24, 2.45) is 0 Å². The van der Waals surface area contributed by atoms with Crippen molar-refractivity contribution in [3.8, 4) is 5.88 Å². The minimum Gasteiger partial charge on any atom is -0.480 e. The van der Waals surface area contributed by atoms with E-state index >= 15 is 0 Å². The van der Waals surface area contributed by atoms with Gasteiger partial charge in [-0.25, -0.2) is 9.37 Å². The van der Waals surface area contributed by atoms with Gasteiger partial charge in [-0.3, -0.25) is 4.79 Å². The molecular weight excluding hydrogens is 211 g/mol. The summed E-state index contributed by atoms with van der Waals surface area (Å²) < 4.78 is 18.5. The van der Waals surface area contributed by atoms with Gasteiger partial charge < -0.3 is 4.74 Å². The van der Waals surface area contributed by atoms with Crippen LogP contribution in [-0.2, 0) is 0 Å². The molecule has 2 aromatic rings. The van der Waals surface area contributed by atoms with Crippen LogP contribution >= 0.6 is 0 Å². The lowest BCUT2D eigenvalue weighted by Gasteiger charge is -2.06. The molecule has 5 heteroatoms. The van der Waals surface area contributed by atoms with Crippen LogP contribution in [0.15, 0.2) is 18.2 Å². The fourth-order valence-electron chi connectivity index (χ4n) is 1.41. The van der Waals surface area contributed by atoms with E-state index in [1.165, 1.54) is 26.2 Å². The normalized spacial score (nSPS) is 10.4. The molecule has 4 nitrogen and oxygen atoms in total. The number of hydrogen-bond acceptors (Lipinski definition) is 4. The second-order valence-corrected chi connectivity index (χ2v) is 3.25. The van der Waals surface area contributed by atoms with Gasteiger partial charge in [0.05, 0.1) is 18.0 Å². The Kier molecular flexibility index (Phi) is 2.52. The predicted octanol–water partition coefficient (Wildman–Crippen LogP) is 1.98. The van der Waals surface area contributed by atoms with Crippen LogP contribution in [0.25, 0.3) is 10.9 Å². The number of nitrogens with zero attached hydrogens (tertiary/aromatic N) is 2. The van der Waals surface area contributed by atoms with Crippen LogP contribution in [0.2, 0.25) is 0 Å². The van der Waals surface area contributed by atoms with Crippen LogP contribution in [0.1, 0.15) is 17.5 Å². The summed E-state index contributed by atoms with van der Waals surface area (Å²) >= 11 is 0. The van der Waals surface area contributed by atoms with E-state index in [2.05, 4.69) is 9.97 Å². The third kappa shape index (κ3) is 1.60. The molecule has 0 bridgehead atoms. The predicted molar refractivity (Wildman–Crippen MR) is 56.1 cm³/mol. The molecule has 2 rings (SSSR count). The number of methoxy groups -OCH3 is 1. The first-order chi connectivity index (χ1) is 7.63. The fraction of sp³-hybridized carbons (Fsp3) is 0.182. The van der Waals surface area contributed by atoms with E-state index in [1.807, 2.05) is 0 Å². The first-order valence-corrected chi connectivity index (χ1v) is 4.64. The highest BCUT2D eigenvalue weighted by Gasteiger charge is 2.13. The van der Waals surface area contributed by atoms with Crippen molar-refractivity contribution in [1.82, 2.24) is 9.97 Å². The zero-order chi connectivity index (χ0) is 11.7. The van der Waals surface area contributed by atoms with Crippen LogP contribution in [0.3, 0.4) is 0 Å². The molecule has 1 aromatic heterocycles.